The van der Waals surface area contributed by atoms with Gasteiger partial charge in [-0.1, -0.05) is 11.6 Å². The minimum absolute atomic E-state index is 0.0385. The summed E-state index contributed by atoms with van der Waals surface area (Å²) in [6, 6.07) is 6.17. The van der Waals surface area contributed by atoms with E-state index in [-0.39, 0.29) is 9.77 Å². The van der Waals surface area contributed by atoms with E-state index in [4.69, 9.17) is 11.6 Å². The van der Waals surface area contributed by atoms with Gasteiger partial charge >= 0.3 is 5.97 Å². The molecule has 0 aliphatic rings. The van der Waals surface area contributed by atoms with Crippen LogP contribution in [0.4, 0.5) is 5.69 Å². The van der Waals surface area contributed by atoms with E-state index in [0.29, 0.717) is 16.3 Å². The Balaban J connectivity index is 2.39. The second-order valence-electron chi connectivity index (χ2n) is 4.17. The summed E-state index contributed by atoms with van der Waals surface area (Å²) in [6.07, 6.45) is 0. The molecule has 0 aliphatic carbocycles. The fourth-order valence-corrected chi connectivity index (χ4v) is 4.39. The van der Waals surface area contributed by atoms with Gasteiger partial charge in [0.15, 0.2) is 0 Å². The second-order valence-corrected chi connectivity index (χ2v) is 7.17. The highest BCUT2D eigenvalue weighted by Gasteiger charge is 2.25. The predicted octanol–water partition coefficient (Wildman–Crippen LogP) is 3.30. The van der Waals surface area contributed by atoms with Crippen LogP contribution in [-0.2, 0) is 14.8 Å². The van der Waals surface area contributed by atoms with Gasteiger partial charge in [-0.25, -0.2) is 13.2 Å². The normalized spacial score (nSPS) is 11.2. The van der Waals surface area contributed by atoms with Crippen LogP contribution < -0.4 is 4.72 Å². The molecule has 1 aromatic heterocycles. The first-order chi connectivity index (χ1) is 9.85. The van der Waals surface area contributed by atoms with Gasteiger partial charge in [-0.05, 0) is 42.1 Å². The molecule has 0 unspecified atom stereocenters. The lowest BCUT2D eigenvalue weighted by Crippen LogP contribution is -2.16. The average Bonchev–Trinajstić information content (AvgIpc) is 2.91. The number of carbonyl (C=O) groups is 1. The van der Waals surface area contributed by atoms with Crippen LogP contribution in [0.1, 0.15) is 15.2 Å². The van der Waals surface area contributed by atoms with Gasteiger partial charge in [0, 0.05) is 5.02 Å². The van der Waals surface area contributed by atoms with Gasteiger partial charge in [-0.3, -0.25) is 4.72 Å². The summed E-state index contributed by atoms with van der Waals surface area (Å²) in [4.78, 5) is 11.5. The summed E-state index contributed by atoms with van der Waals surface area (Å²) in [6.45, 7) is 1.73. The van der Waals surface area contributed by atoms with Crippen molar-refractivity contribution in [2.75, 3.05) is 11.8 Å². The monoisotopic (exact) mass is 345 g/mol. The van der Waals surface area contributed by atoms with Crippen LogP contribution in [0.5, 0.6) is 0 Å². The van der Waals surface area contributed by atoms with Crippen molar-refractivity contribution in [2.24, 2.45) is 0 Å². The molecule has 0 saturated heterocycles. The van der Waals surface area contributed by atoms with Crippen molar-refractivity contribution in [3.63, 3.8) is 0 Å². The molecule has 0 amide bonds. The molecule has 0 atom stereocenters. The van der Waals surface area contributed by atoms with E-state index in [2.05, 4.69) is 9.46 Å². The van der Waals surface area contributed by atoms with Gasteiger partial charge in [0.05, 0.1) is 12.8 Å². The van der Waals surface area contributed by atoms with Crippen LogP contribution in [0.15, 0.2) is 34.5 Å². The number of anilines is 1. The number of ether oxygens (including phenoxy) is 1. The van der Waals surface area contributed by atoms with E-state index in [1.165, 1.54) is 18.6 Å². The Morgan fingerprint density at radius 3 is 2.67 bits per heavy atom. The highest BCUT2D eigenvalue weighted by molar-refractivity contribution is 7.93. The maximum Gasteiger partial charge on any atom is 0.349 e. The van der Waals surface area contributed by atoms with Crippen molar-refractivity contribution >= 4 is 44.6 Å². The molecule has 0 bridgehead atoms. The molecule has 0 fully saturated rings. The first-order valence-electron chi connectivity index (χ1n) is 5.80. The van der Waals surface area contributed by atoms with Gasteiger partial charge in [-0.2, -0.15) is 0 Å². The van der Waals surface area contributed by atoms with E-state index < -0.39 is 16.0 Å². The summed E-state index contributed by atoms with van der Waals surface area (Å²) in [5.41, 5.74) is 1.09. The molecule has 1 heterocycles. The highest BCUT2D eigenvalue weighted by Crippen LogP contribution is 2.27. The minimum atomic E-state index is -3.87. The second kappa shape index (κ2) is 6.05. The molecule has 1 N–H and O–H groups in total. The minimum Gasteiger partial charge on any atom is -0.465 e. The Bertz CT molecular complexity index is 783. The summed E-state index contributed by atoms with van der Waals surface area (Å²) in [7, 11) is -2.67. The number of esters is 1. The van der Waals surface area contributed by atoms with Crippen molar-refractivity contribution < 1.29 is 17.9 Å². The van der Waals surface area contributed by atoms with E-state index >= 15 is 0 Å². The SMILES string of the molecule is COC(=O)c1sccc1S(=O)(=O)Nc1ccc(Cl)cc1C. The first kappa shape index (κ1) is 15.8. The van der Waals surface area contributed by atoms with E-state index in [1.54, 1.807) is 25.1 Å². The highest BCUT2D eigenvalue weighted by atomic mass is 35.5. The topological polar surface area (TPSA) is 72.5 Å². The zero-order valence-electron chi connectivity index (χ0n) is 11.2. The number of aryl methyl sites for hydroxylation is 1. The lowest BCUT2D eigenvalue weighted by Gasteiger charge is -2.10. The smallest absolute Gasteiger partial charge is 0.349 e. The lowest BCUT2D eigenvalue weighted by atomic mass is 10.2. The first-order valence-corrected chi connectivity index (χ1v) is 8.54. The summed E-state index contributed by atoms with van der Waals surface area (Å²) < 4.78 is 31.8. The van der Waals surface area contributed by atoms with Crippen LogP contribution in [-0.4, -0.2) is 21.5 Å². The van der Waals surface area contributed by atoms with Crippen LogP contribution in [0.2, 0.25) is 5.02 Å². The van der Waals surface area contributed by atoms with Crippen molar-refractivity contribution in [1.82, 2.24) is 0 Å². The number of nitrogens with one attached hydrogen (secondary N) is 1. The molecular formula is C13H12ClNO4S2. The Labute approximate surface area is 131 Å². The lowest BCUT2D eigenvalue weighted by molar-refractivity contribution is 0.0602. The summed E-state index contributed by atoms with van der Waals surface area (Å²) >= 11 is 6.85. The van der Waals surface area contributed by atoms with E-state index in [0.717, 1.165) is 11.3 Å². The molecule has 0 spiro atoms. The van der Waals surface area contributed by atoms with Crippen molar-refractivity contribution in [3.05, 3.63) is 45.1 Å². The molecule has 2 rings (SSSR count). The molecule has 0 radical (unpaired) electrons. The van der Waals surface area contributed by atoms with E-state index in [1.807, 2.05) is 0 Å². The van der Waals surface area contributed by atoms with Gasteiger partial charge < -0.3 is 4.74 Å². The largest absolute Gasteiger partial charge is 0.465 e. The van der Waals surface area contributed by atoms with Gasteiger partial charge in [-0.15, -0.1) is 11.3 Å². The molecule has 1 aromatic carbocycles. The van der Waals surface area contributed by atoms with Crippen LogP contribution in [0, 0.1) is 6.92 Å². The Morgan fingerprint density at radius 1 is 1.33 bits per heavy atom. The molecule has 0 aliphatic heterocycles. The number of halogens is 1. The fraction of sp³-hybridized carbons (Fsp3) is 0.154. The number of carbonyl (C=O) groups excluding carboxylic acids is 1. The number of sulfonamides is 1. The maximum absolute atomic E-state index is 12.4. The van der Waals surface area contributed by atoms with Crippen LogP contribution in [0.25, 0.3) is 0 Å². The Morgan fingerprint density at radius 2 is 2.05 bits per heavy atom. The maximum atomic E-state index is 12.4. The van der Waals surface area contributed by atoms with Gasteiger partial charge in [0.2, 0.25) is 0 Å². The molecule has 2 aromatic rings. The fourth-order valence-electron chi connectivity index (χ4n) is 1.69. The van der Waals surface area contributed by atoms with Crippen molar-refractivity contribution in [2.45, 2.75) is 11.8 Å². The third-order valence-corrected chi connectivity index (χ3v) is 5.39. The zero-order valence-corrected chi connectivity index (χ0v) is 13.6. The molecule has 5 nitrogen and oxygen atoms in total. The third kappa shape index (κ3) is 3.37. The Hall–Kier alpha value is -1.57. The third-order valence-electron chi connectivity index (χ3n) is 2.72. The standard InChI is InChI=1S/C13H12ClNO4S2/c1-8-7-9(14)3-4-10(8)15-21(17,18)11-5-6-20-12(11)13(16)19-2/h3-7,15H,1-2H3. The van der Waals surface area contributed by atoms with Crippen molar-refractivity contribution in [1.29, 1.82) is 0 Å². The van der Waals surface area contributed by atoms with Crippen LogP contribution >= 0.6 is 22.9 Å². The molecule has 21 heavy (non-hydrogen) atoms. The number of hydrogen-bond acceptors (Lipinski definition) is 5. The Kier molecular flexibility index (Phi) is 4.55. The number of rotatable bonds is 4. The predicted molar refractivity (Wildman–Crippen MR) is 82.7 cm³/mol. The average molecular weight is 346 g/mol. The van der Waals surface area contributed by atoms with Crippen LogP contribution in [0.3, 0.4) is 0 Å². The summed E-state index contributed by atoms with van der Waals surface area (Å²) in [5.74, 6) is -0.682. The molecule has 0 saturated carbocycles. The number of thiophene rings is 1. The van der Waals surface area contributed by atoms with E-state index in [9.17, 15) is 13.2 Å². The number of methoxy groups -OCH3 is 1. The molecular weight excluding hydrogens is 334 g/mol. The van der Waals surface area contributed by atoms with Gasteiger partial charge in [0.1, 0.15) is 9.77 Å². The quantitative estimate of drug-likeness (QED) is 0.863. The zero-order chi connectivity index (χ0) is 15.6. The molecule has 8 heteroatoms. The van der Waals surface area contributed by atoms with Crippen molar-refractivity contribution in [3.8, 4) is 0 Å². The van der Waals surface area contributed by atoms with Gasteiger partial charge in [0.25, 0.3) is 10.0 Å². The number of benzene rings is 1. The molecule has 112 valence electrons. The summed E-state index contributed by atoms with van der Waals surface area (Å²) in [5, 5.41) is 2.04. The number of hydrogen-bond donors (Lipinski definition) is 1.